The van der Waals surface area contributed by atoms with Gasteiger partial charge in [0.1, 0.15) is 5.75 Å². The largest absolute Gasteiger partial charge is 0.497 e. The first-order chi connectivity index (χ1) is 12.9. The lowest BCUT2D eigenvalue weighted by molar-refractivity contribution is -0.117. The molecule has 27 heavy (non-hydrogen) atoms. The van der Waals surface area contributed by atoms with Crippen LogP contribution in [0.25, 0.3) is 0 Å². The number of carbonyl (C=O) groups excluding carboxylic acids is 2. The van der Waals surface area contributed by atoms with Crippen molar-refractivity contribution in [2.45, 2.75) is 19.8 Å². The number of likely N-dealkylation sites (N-methyl/N-ethyl adjacent to an activating group) is 1. The summed E-state index contributed by atoms with van der Waals surface area (Å²) in [5.74, 6) is 0.686. The summed E-state index contributed by atoms with van der Waals surface area (Å²) >= 11 is 0. The standard InChI is InChI=1S/C21H27N3O3/c1-15-13-17(8-11-19(15)23-21(26)14-24(2)3)22-20(25)12-7-16-5-9-18(27-4)10-6-16/h5-6,8-11,13H,7,12,14H2,1-4H3,(H,22,25)(H,23,26). The predicted molar refractivity (Wildman–Crippen MR) is 108 cm³/mol. The number of benzene rings is 2. The molecule has 2 N–H and O–H groups in total. The summed E-state index contributed by atoms with van der Waals surface area (Å²) in [6, 6.07) is 13.2. The van der Waals surface area contributed by atoms with E-state index in [9.17, 15) is 9.59 Å². The van der Waals surface area contributed by atoms with Crippen LogP contribution >= 0.6 is 0 Å². The van der Waals surface area contributed by atoms with Crippen molar-refractivity contribution in [1.82, 2.24) is 4.90 Å². The molecule has 0 aliphatic heterocycles. The lowest BCUT2D eigenvalue weighted by Gasteiger charge is -2.13. The molecule has 2 rings (SSSR count). The lowest BCUT2D eigenvalue weighted by atomic mass is 10.1. The van der Waals surface area contributed by atoms with Crippen LogP contribution in [0.1, 0.15) is 17.5 Å². The van der Waals surface area contributed by atoms with Crippen molar-refractivity contribution in [3.05, 3.63) is 53.6 Å². The monoisotopic (exact) mass is 369 g/mol. The highest BCUT2D eigenvalue weighted by Gasteiger charge is 2.08. The van der Waals surface area contributed by atoms with Gasteiger partial charge < -0.3 is 20.3 Å². The molecule has 144 valence electrons. The first kappa shape index (κ1) is 20.5. The molecule has 2 aromatic carbocycles. The van der Waals surface area contributed by atoms with E-state index in [1.54, 1.807) is 13.2 Å². The summed E-state index contributed by atoms with van der Waals surface area (Å²) in [5.41, 5.74) is 3.45. The van der Waals surface area contributed by atoms with E-state index in [-0.39, 0.29) is 11.8 Å². The molecule has 0 spiro atoms. The van der Waals surface area contributed by atoms with Gasteiger partial charge in [-0.15, -0.1) is 0 Å². The molecule has 6 nitrogen and oxygen atoms in total. The lowest BCUT2D eigenvalue weighted by Crippen LogP contribution is -2.27. The maximum Gasteiger partial charge on any atom is 0.238 e. The average molecular weight is 369 g/mol. The Labute approximate surface area is 160 Å². The number of hydrogen-bond acceptors (Lipinski definition) is 4. The highest BCUT2D eigenvalue weighted by atomic mass is 16.5. The number of nitrogens with one attached hydrogen (secondary N) is 2. The van der Waals surface area contributed by atoms with Gasteiger partial charge >= 0.3 is 0 Å². The van der Waals surface area contributed by atoms with Crippen molar-refractivity contribution in [2.75, 3.05) is 38.4 Å². The van der Waals surface area contributed by atoms with Crippen molar-refractivity contribution in [3.63, 3.8) is 0 Å². The highest BCUT2D eigenvalue weighted by molar-refractivity contribution is 5.94. The fraction of sp³-hybridized carbons (Fsp3) is 0.333. The average Bonchev–Trinajstić information content (AvgIpc) is 2.62. The normalized spacial score (nSPS) is 10.6. The molecule has 2 amide bonds. The van der Waals surface area contributed by atoms with E-state index >= 15 is 0 Å². The minimum atomic E-state index is -0.0700. The first-order valence-corrected chi connectivity index (χ1v) is 8.85. The SMILES string of the molecule is COc1ccc(CCC(=O)Nc2ccc(NC(=O)CN(C)C)c(C)c2)cc1. The third-order valence-electron chi connectivity index (χ3n) is 4.04. The number of amides is 2. The first-order valence-electron chi connectivity index (χ1n) is 8.85. The van der Waals surface area contributed by atoms with Crippen molar-refractivity contribution >= 4 is 23.2 Å². The third-order valence-corrected chi connectivity index (χ3v) is 4.04. The van der Waals surface area contributed by atoms with E-state index in [0.717, 1.165) is 28.3 Å². The quantitative estimate of drug-likeness (QED) is 0.750. The van der Waals surface area contributed by atoms with Gasteiger partial charge in [0.25, 0.3) is 0 Å². The number of methoxy groups -OCH3 is 1. The number of nitrogens with zero attached hydrogens (tertiary/aromatic N) is 1. The number of hydrogen-bond donors (Lipinski definition) is 2. The summed E-state index contributed by atoms with van der Waals surface area (Å²) in [6.45, 7) is 2.22. The molecule has 0 radical (unpaired) electrons. The summed E-state index contributed by atoms with van der Waals surface area (Å²) in [5, 5.41) is 5.78. The van der Waals surface area contributed by atoms with Gasteiger partial charge in [-0.3, -0.25) is 9.59 Å². The fourth-order valence-electron chi connectivity index (χ4n) is 2.63. The zero-order chi connectivity index (χ0) is 19.8. The minimum Gasteiger partial charge on any atom is -0.497 e. The molecule has 0 bridgehead atoms. The van der Waals surface area contributed by atoms with Crippen molar-refractivity contribution in [3.8, 4) is 5.75 Å². The Bertz CT molecular complexity index is 786. The molecule has 0 saturated carbocycles. The van der Waals surface area contributed by atoms with Crippen molar-refractivity contribution in [2.24, 2.45) is 0 Å². The topological polar surface area (TPSA) is 70.7 Å². The van der Waals surface area contributed by atoms with Gasteiger partial charge in [-0.05, 0) is 68.9 Å². The highest BCUT2D eigenvalue weighted by Crippen LogP contribution is 2.20. The predicted octanol–water partition coefficient (Wildman–Crippen LogP) is 3.08. The molecule has 0 atom stereocenters. The van der Waals surface area contributed by atoms with Crippen molar-refractivity contribution in [1.29, 1.82) is 0 Å². The summed E-state index contributed by atoms with van der Waals surface area (Å²) in [4.78, 5) is 25.9. The smallest absolute Gasteiger partial charge is 0.238 e. The van der Waals surface area contributed by atoms with Gasteiger partial charge in [-0.2, -0.15) is 0 Å². The number of rotatable bonds is 8. The van der Waals surface area contributed by atoms with Gasteiger partial charge in [-0.25, -0.2) is 0 Å². The molecule has 0 aromatic heterocycles. The van der Waals surface area contributed by atoms with E-state index in [1.165, 1.54) is 0 Å². The molecular formula is C21H27N3O3. The van der Waals surface area contributed by atoms with E-state index in [0.29, 0.717) is 19.4 Å². The maximum atomic E-state index is 12.2. The van der Waals surface area contributed by atoms with Crippen LogP contribution in [0.4, 0.5) is 11.4 Å². The minimum absolute atomic E-state index is 0.0467. The second-order valence-corrected chi connectivity index (χ2v) is 6.71. The van der Waals surface area contributed by atoms with Gasteiger partial charge in [0.15, 0.2) is 0 Å². The van der Waals surface area contributed by atoms with E-state index < -0.39 is 0 Å². The third kappa shape index (κ3) is 6.75. The summed E-state index contributed by atoms with van der Waals surface area (Å²) in [7, 11) is 5.32. The van der Waals surface area contributed by atoms with Crippen molar-refractivity contribution < 1.29 is 14.3 Å². The zero-order valence-corrected chi connectivity index (χ0v) is 16.3. The van der Waals surface area contributed by atoms with Gasteiger partial charge in [-0.1, -0.05) is 12.1 Å². The molecule has 0 aliphatic rings. The van der Waals surface area contributed by atoms with Crippen LogP contribution in [0.5, 0.6) is 5.75 Å². The van der Waals surface area contributed by atoms with E-state index in [2.05, 4.69) is 10.6 Å². The van der Waals surface area contributed by atoms with Crippen LogP contribution in [0, 0.1) is 6.92 Å². The summed E-state index contributed by atoms with van der Waals surface area (Å²) < 4.78 is 5.13. The number of ether oxygens (including phenoxy) is 1. The van der Waals surface area contributed by atoms with Crippen LogP contribution < -0.4 is 15.4 Å². The molecule has 2 aromatic rings. The molecule has 0 aliphatic carbocycles. The summed E-state index contributed by atoms with van der Waals surface area (Å²) in [6.07, 6.45) is 1.06. The van der Waals surface area contributed by atoms with Crippen LogP contribution in [0.2, 0.25) is 0 Å². The van der Waals surface area contributed by atoms with Gasteiger partial charge in [0, 0.05) is 17.8 Å². The Morgan fingerprint density at radius 2 is 1.70 bits per heavy atom. The van der Waals surface area contributed by atoms with E-state index in [4.69, 9.17) is 4.74 Å². The zero-order valence-electron chi connectivity index (χ0n) is 16.3. The number of carbonyl (C=O) groups is 2. The Morgan fingerprint density at radius 3 is 2.30 bits per heavy atom. The fourth-order valence-corrected chi connectivity index (χ4v) is 2.63. The van der Waals surface area contributed by atoms with Crippen LogP contribution in [-0.2, 0) is 16.0 Å². The molecular weight excluding hydrogens is 342 g/mol. The van der Waals surface area contributed by atoms with Crippen LogP contribution in [0.15, 0.2) is 42.5 Å². The second-order valence-electron chi connectivity index (χ2n) is 6.71. The van der Waals surface area contributed by atoms with E-state index in [1.807, 2.05) is 62.3 Å². The Balaban J connectivity index is 1.87. The number of anilines is 2. The number of aryl methyl sites for hydroxylation is 2. The molecule has 6 heteroatoms. The Kier molecular flexibility index (Phi) is 7.37. The Hall–Kier alpha value is -2.86. The molecule has 0 fully saturated rings. The Morgan fingerprint density at radius 1 is 1.00 bits per heavy atom. The molecule has 0 unspecified atom stereocenters. The van der Waals surface area contributed by atoms with Gasteiger partial charge in [0.2, 0.25) is 11.8 Å². The van der Waals surface area contributed by atoms with Crippen LogP contribution in [0.3, 0.4) is 0 Å². The van der Waals surface area contributed by atoms with Gasteiger partial charge in [0.05, 0.1) is 13.7 Å². The second kappa shape index (κ2) is 9.73. The maximum absolute atomic E-state index is 12.2. The molecule has 0 heterocycles. The molecule has 0 saturated heterocycles. The van der Waals surface area contributed by atoms with Crippen LogP contribution in [-0.4, -0.2) is 44.5 Å².